The summed E-state index contributed by atoms with van der Waals surface area (Å²) in [7, 11) is 2.75. The van der Waals surface area contributed by atoms with Gasteiger partial charge in [0.1, 0.15) is 16.8 Å². The number of pyridine rings is 1. The number of carbonyl (C=O) groups excluding carboxylic acids is 2. The van der Waals surface area contributed by atoms with E-state index in [2.05, 4.69) is 4.98 Å². The van der Waals surface area contributed by atoms with E-state index in [0.717, 1.165) is 11.1 Å². The molecule has 9 heteroatoms. The molecule has 1 amide bonds. The van der Waals surface area contributed by atoms with Crippen LogP contribution in [0.2, 0.25) is 10.0 Å². The molecule has 1 N–H and O–H groups in total. The number of benzene rings is 2. The summed E-state index contributed by atoms with van der Waals surface area (Å²) in [6, 6.07) is 11.0. The highest BCUT2D eigenvalue weighted by atomic mass is 35.5. The van der Waals surface area contributed by atoms with Gasteiger partial charge in [0.25, 0.3) is 11.7 Å². The molecule has 4 rings (SSSR count). The number of aryl methyl sites for hydroxylation is 2. The van der Waals surface area contributed by atoms with Crippen molar-refractivity contribution in [3.63, 3.8) is 0 Å². The molecular formula is C26H22Cl2N2O5. The van der Waals surface area contributed by atoms with E-state index in [4.69, 9.17) is 32.7 Å². The zero-order valence-electron chi connectivity index (χ0n) is 19.4. The second-order valence-electron chi connectivity index (χ2n) is 7.98. The topological polar surface area (TPSA) is 89.0 Å². The summed E-state index contributed by atoms with van der Waals surface area (Å²) in [6.45, 7) is 3.87. The smallest absolute Gasteiger partial charge is 0.300 e. The highest BCUT2D eigenvalue weighted by Gasteiger charge is 2.48. The van der Waals surface area contributed by atoms with Crippen LogP contribution in [0.25, 0.3) is 5.76 Å². The fourth-order valence-electron chi connectivity index (χ4n) is 4.08. The minimum Gasteiger partial charge on any atom is -0.507 e. The van der Waals surface area contributed by atoms with Crippen molar-refractivity contribution in [2.75, 3.05) is 19.1 Å². The van der Waals surface area contributed by atoms with Gasteiger partial charge in [-0.25, -0.2) is 0 Å². The molecule has 7 nitrogen and oxygen atoms in total. The summed E-state index contributed by atoms with van der Waals surface area (Å²) in [5.74, 6) is -1.97. The SMILES string of the molecule is COc1c(Cl)cc(/C(O)=C2\C(=O)C(=O)N(c3ccc(C)c(C)c3)C2c2ccccn2)c(OC)c1Cl. The van der Waals surface area contributed by atoms with Gasteiger partial charge >= 0.3 is 0 Å². The number of rotatable bonds is 5. The van der Waals surface area contributed by atoms with E-state index in [1.54, 1.807) is 30.5 Å². The third-order valence-electron chi connectivity index (χ3n) is 5.98. The van der Waals surface area contributed by atoms with Crippen molar-refractivity contribution in [1.29, 1.82) is 0 Å². The number of aliphatic hydroxyl groups excluding tert-OH is 1. The summed E-state index contributed by atoms with van der Waals surface area (Å²) >= 11 is 12.7. The first kappa shape index (κ1) is 24.6. The number of Topliss-reactive ketones (excluding diaryl/α,β-unsaturated/α-hetero) is 1. The molecule has 1 aliphatic heterocycles. The van der Waals surface area contributed by atoms with Crippen molar-refractivity contribution in [2.45, 2.75) is 19.9 Å². The Morgan fingerprint density at radius 1 is 1.00 bits per heavy atom. The van der Waals surface area contributed by atoms with Crippen molar-refractivity contribution in [3.8, 4) is 11.5 Å². The van der Waals surface area contributed by atoms with Crippen LogP contribution in [0.1, 0.15) is 28.4 Å². The first-order valence-electron chi connectivity index (χ1n) is 10.6. The quantitative estimate of drug-likeness (QED) is 0.270. The molecule has 1 saturated heterocycles. The summed E-state index contributed by atoms with van der Waals surface area (Å²) < 4.78 is 10.6. The van der Waals surface area contributed by atoms with E-state index < -0.39 is 23.5 Å². The second kappa shape index (κ2) is 9.60. The zero-order valence-corrected chi connectivity index (χ0v) is 20.9. The largest absolute Gasteiger partial charge is 0.507 e. The lowest BCUT2D eigenvalue weighted by molar-refractivity contribution is -0.132. The average molecular weight is 513 g/mol. The van der Waals surface area contributed by atoms with Crippen LogP contribution in [0.3, 0.4) is 0 Å². The lowest BCUT2D eigenvalue weighted by Crippen LogP contribution is -2.29. The van der Waals surface area contributed by atoms with E-state index in [1.807, 2.05) is 26.0 Å². The summed E-state index contributed by atoms with van der Waals surface area (Å²) in [5.41, 5.74) is 2.76. The molecule has 35 heavy (non-hydrogen) atoms. The predicted octanol–water partition coefficient (Wildman–Crippen LogP) is 5.65. The minimum absolute atomic E-state index is 0.0156. The molecule has 1 fully saturated rings. The first-order chi connectivity index (χ1) is 16.7. The van der Waals surface area contributed by atoms with E-state index in [9.17, 15) is 14.7 Å². The Balaban J connectivity index is 2.01. The number of carbonyl (C=O) groups is 2. The van der Waals surface area contributed by atoms with Crippen LogP contribution >= 0.6 is 23.2 Å². The van der Waals surface area contributed by atoms with Gasteiger partial charge in [-0.1, -0.05) is 35.3 Å². The van der Waals surface area contributed by atoms with Crippen LogP contribution in [-0.2, 0) is 9.59 Å². The van der Waals surface area contributed by atoms with E-state index in [-0.39, 0.29) is 32.7 Å². The average Bonchev–Trinajstić information content (AvgIpc) is 3.11. The van der Waals surface area contributed by atoms with Gasteiger partial charge < -0.3 is 14.6 Å². The molecule has 0 spiro atoms. The van der Waals surface area contributed by atoms with Crippen molar-refractivity contribution in [2.24, 2.45) is 0 Å². The van der Waals surface area contributed by atoms with Gasteiger partial charge in [0, 0.05) is 11.9 Å². The number of hydrogen-bond acceptors (Lipinski definition) is 6. The zero-order chi connectivity index (χ0) is 25.4. The maximum atomic E-state index is 13.4. The molecule has 1 aromatic heterocycles. The van der Waals surface area contributed by atoms with E-state index in [1.165, 1.54) is 25.2 Å². The van der Waals surface area contributed by atoms with Gasteiger partial charge in [-0.15, -0.1) is 0 Å². The summed E-state index contributed by atoms with van der Waals surface area (Å²) in [5, 5.41) is 11.6. The van der Waals surface area contributed by atoms with Gasteiger partial charge in [0.05, 0.1) is 36.1 Å². The van der Waals surface area contributed by atoms with Gasteiger partial charge in [-0.2, -0.15) is 0 Å². The summed E-state index contributed by atoms with van der Waals surface area (Å²) in [6.07, 6.45) is 1.55. The first-order valence-corrected chi connectivity index (χ1v) is 11.4. The molecule has 0 radical (unpaired) electrons. The molecule has 0 saturated carbocycles. The van der Waals surface area contributed by atoms with Crippen LogP contribution in [0.5, 0.6) is 11.5 Å². The summed E-state index contributed by atoms with van der Waals surface area (Å²) in [4.78, 5) is 32.4. The van der Waals surface area contributed by atoms with Crippen LogP contribution in [-0.4, -0.2) is 36.0 Å². The van der Waals surface area contributed by atoms with Gasteiger partial charge in [0.2, 0.25) is 0 Å². The number of ether oxygens (including phenoxy) is 2. The van der Waals surface area contributed by atoms with Crippen LogP contribution in [0.4, 0.5) is 5.69 Å². The fourth-order valence-corrected chi connectivity index (χ4v) is 4.77. The Morgan fingerprint density at radius 2 is 1.71 bits per heavy atom. The maximum Gasteiger partial charge on any atom is 0.300 e. The maximum absolute atomic E-state index is 13.4. The lowest BCUT2D eigenvalue weighted by Gasteiger charge is -2.25. The Morgan fingerprint density at radius 3 is 2.31 bits per heavy atom. The van der Waals surface area contributed by atoms with Gasteiger partial charge in [-0.05, 0) is 55.3 Å². The number of hydrogen-bond donors (Lipinski definition) is 1. The number of aliphatic hydroxyl groups is 1. The molecular weight excluding hydrogens is 491 g/mol. The number of aromatic nitrogens is 1. The third kappa shape index (κ3) is 4.11. The number of halogens is 2. The molecule has 0 bridgehead atoms. The van der Waals surface area contributed by atoms with Crippen molar-refractivity contribution < 1.29 is 24.2 Å². The molecule has 3 aromatic rings. The van der Waals surface area contributed by atoms with E-state index >= 15 is 0 Å². The Labute approximate surface area is 212 Å². The van der Waals surface area contributed by atoms with Crippen LogP contribution in [0.15, 0.2) is 54.2 Å². The predicted molar refractivity (Wildman–Crippen MR) is 135 cm³/mol. The molecule has 2 heterocycles. The molecule has 1 aliphatic rings. The van der Waals surface area contributed by atoms with Gasteiger partial charge in [-0.3, -0.25) is 19.5 Å². The van der Waals surface area contributed by atoms with Crippen LogP contribution < -0.4 is 14.4 Å². The van der Waals surface area contributed by atoms with Crippen molar-refractivity contribution in [3.05, 3.63) is 86.7 Å². The number of nitrogens with zero attached hydrogens (tertiary/aromatic N) is 2. The number of ketones is 1. The highest BCUT2D eigenvalue weighted by molar-refractivity contribution is 6.52. The highest BCUT2D eigenvalue weighted by Crippen LogP contribution is 2.47. The number of methoxy groups -OCH3 is 2. The number of amides is 1. The standard InChI is InChI=1S/C26H22Cl2N2O5/c1-13-8-9-15(11-14(13)2)30-21(18-7-5-6-10-29-18)19(23(32)26(30)33)22(31)16-12-17(27)25(35-4)20(28)24(16)34-3/h5-12,21,31H,1-4H3/b22-19+. The van der Waals surface area contributed by atoms with Crippen LogP contribution in [0, 0.1) is 13.8 Å². The fraction of sp³-hybridized carbons (Fsp3) is 0.192. The molecule has 0 aliphatic carbocycles. The normalized spacial score (nSPS) is 17.1. The Bertz CT molecular complexity index is 1370. The molecule has 2 aromatic carbocycles. The Hall–Kier alpha value is -3.55. The van der Waals surface area contributed by atoms with Crippen molar-refractivity contribution >= 4 is 46.3 Å². The minimum atomic E-state index is -0.998. The van der Waals surface area contributed by atoms with Crippen molar-refractivity contribution in [1.82, 2.24) is 4.98 Å². The number of anilines is 1. The second-order valence-corrected chi connectivity index (χ2v) is 8.76. The monoisotopic (exact) mass is 512 g/mol. The van der Waals surface area contributed by atoms with E-state index in [0.29, 0.717) is 11.4 Å². The Kier molecular flexibility index (Phi) is 6.74. The lowest BCUT2D eigenvalue weighted by atomic mass is 9.97. The molecule has 180 valence electrons. The molecule has 1 atom stereocenters. The third-order valence-corrected chi connectivity index (χ3v) is 6.60. The molecule has 1 unspecified atom stereocenters. The van der Waals surface area contributed by atoms with Gasteiger partial charge in [0.15, 0.2) is 11.5 Å².